The number of ether oxygens (including phenoxy) is 3. The van der Waals surface area contributed by atoms with Crippen LogP contribution in [0.2, 0.25) is 0 Å². The number of hydrogen-bond acceptors (Lipinski definition) is 6. The number of allylic oxidation sites excluding steroid dienone is 4. The molecule has 1 unspecified atom stereocenters. The van der Waals surface area contributed by atoms with Crippen molar-refractivity contribution in [2.24, 2.45) is 0 Å². The van der Waals surface area contributed by atoms with Crippen molar-refractivity contribution >= 4 is 17.9 Å². The van der Waals surface area contributed by atoms with Crippen molar-refractivity contribution in [2.75, 3.05) is 13.2 Å². The van der Waals surface area contributed by atoms with Crippen LogP contribution in [0.4, 0.5) is 0 Å². The van der Waals surface area contributed by atoms with Gasteiger partial charge in [-0.25, -0.2) is 0 Å². The van der Waals surface area contributed by atoms with Gasteiger partial charge in [0.25, 0.3) is 0 Å². The summed E-state index contributed by atoms with van der Waals surface area (Å²) in [4.78, 5) is 38.2. The topological polar surface area (TPSA) is 78.9 Å². The summed E-state index contributed by atoms with van der Waals surface area (Å²) >= 11 is 0. The fourth-order valence-corrected chi connectivity index (χ4v) is 9.83. The highest BCUT2D eigenvalue weighted by Crippen LogP contribution is 2.18. The van der Waals surface area contributed by atoms with Gasteiger partial charge in [-0.1, -0.05) is 315 Å². The summed E-state index contributed by atoms with van der Waals surface area (Å²) in [5.74, 6) is -0.839. The molecular formula is C66H124O6. The fraction of sp³-hybridized carbons (Fsp3) is 0.894. The maximum atomic E-state index is 12.9. The largest absolute Gasteiger partial charge is 0.462 e. The van der Waals surface area contributed by atoms with Crippen molar-refractivity contribution in [3.8, 4) is 0 Å². The van der Waals surface area contributed by atoms with Crippen LogP contribution in [-0.4, -0.2) is 37.2 Å². The van der Waals surface area contributed by atoms with E-state index in [4.69, 9.17) is 14.2 Å². The highest BCUT2D eigenvalue weighted by atomic mass is 16.6. The molecule has 72 heavy (non-hydrogen) atoms. The van der Waals surface area contributed by atoms with Crippen LogP contribution in [-0.2, 0) is 28.6 Å². The standard InChI is InChI=1S/C66H124O6/c1-4-7-10-13-16-19-22-24-26-27-28-29-30-31-32-33-34-35-36-37-38-39-41-42-44-47-50-53-56-59-65(68)71-62-63(61-70-64(67)58-55-52-49-46-21-18-15-12-9-6-3)72-66(69)60-57-54-51-48-45-43-40-25-23-20-17-14-11-8-5-2/h22,24,27-28,63H,4-21,23,25-26,29-62H2,1-3H3/b24-22-,28-27-. The molecule has 0 N–H and O–H groups in total. The predicted molar refractivity (Wildman–Crippen MR) is 312 cm³/mol. The molecular weight excluding hydrogens is 889 g/mol. The molecule has 0 amide bonds. The lowest BCUT2D eigenvalue weighted by atomic mass is 10.0. The van der Waals surface area contributed by atoms with Crippen LogP contribution in [0, 0.1) is 0 Å². The molecule has 0 fully saturated rings. The summed E-state index contributed by atoms with van der Waals surface area (Å²) in [5.41, 5.74) is 0. The van der Waals surface area contributed by atoms with Gasteiger partial charge >= 0.3 is 17.9 Å². The Morgan fingerprint density at radius 2 is 0.500 bits per heavy atom. The minimum atomic E-state index is -0.764. The summed E-state index contributed by atoms with van der Waals surface area (Å²) in [7, 11) is 0. The molecule has 0 aliphatic heterocycles. The molecule has 0 aromatic carbocycles. The van der Waals surface area contributed by atoms with Gasteiger partial charge in [-0.15, -0.1) is 0 Å². The Morgan fingerprint density at radius 3 is 0.764 bits per heavy atom. The molecule has 6 nitrogen and oxygen atoms in total. The maximum absolute atomic E-state index is 12.9. The summed E-state index contributed by atoms with van der Waals surface area (Å²) in [6.45, 7) is 6.68. The molecule has 0 saturated carbocycles. The van der Waals surface area contributed by atoms with E-state index in [0.717, 1.165) is 64.2 Å². The second-order valence-corrected chi connectivity index (χ2v) is 22.0. The summed E-state index contributed by atoms with van der Waals surface area (Å²) in [6.07, 6.45) is 73.4. The smallest absolute Gasteiger partial charge is 0.306 e. The van der Waals surface area contributed by atoms with E-state index < -0.39 is 6.10 Å². The molecule has 0 aliphatic carbocycles. The van der Waals surface area contributed by atoms with Gasteiger partial charge in [-0.3, -0.25) is 14.4 Å². The number of esters is 3. The second kappa shape index (κ2) is 61.4. The van der Waals surface area contributed by atoms with Crippen LogP contribution in [0.3, 0.4) is 0 Å². The molecule has 0 rings (SSSR count). The average Bonchev–Trinajstić information content (AvgIpc) is 3.38. The van der Waals surface area contributed by atoms with Gasteiger partial charge in [0.05, 0.1) is 0 Å². The molecule has 0 aromatic rings. The molecule has 424 valence electrons. The molecule has 0 aromatic heterocycles. The van der Waals surface area contributed by atoms with E-state index in [2.05, 4.69) is 45.1 Å². The average molecular weight is 1010 g/mol. The third-order valence-electron chi connectivity index (χ3n) is 14.7. The quantitative estimate of drug-likeness (QED) is 0.0261. The Hall–Kier alpha value is -2.11. The van der Waals surface area contributed by atoms with Gasteiger partial charge in [-0.05, 0) is 51.4 Å². The van der Waals surface area contributed by atoms with Crippen LogP contribution in [0.25, 0.3) is 0 Å². The Kier molecular flexibility index (Phi) is 59.6. The van der Waals surface area contributed by atoms with Gasteiger partial charge in [0.1, 0.15) is 13.2 Å². The molecule has 0 radical (unpaired) electrons. The lowest BCUT2D eigenvalue weighted by Crippen LogP contribution is -2.30. The van der Waals surface area contributed by atoms with E-state index in [1.54, 1.807) is 0 Å². The Morgan fingerprint density at radius 1 is 0.278 bits per heavy atom. The zero-order chi connectivity index (χ0) is 52.2. The van der Waals surface area contributed by atoms with Crippen molar-refractivity contribution in [2.45, 2.75) is 367 Å². The first-order valence-electron chi connectivity index (χ1n) is 32.3. The summed E-state index contributed by atoms with van der Waals surface area (Å²) < 4.78 is 16.9. The first kappa shape index (κ1) is 69.9. The normalized spacial score (nSPS) is 12.1. The zero-order valence-electron chi connectivity index (χ0n) is 48.7. The lowest BCUT2D eigenvalue weighted by molar-refractivity contribution is -0.167. The maximum Gasteiger partial charge on any atom is 0.306 e. The van der Waals surface area contributed by atoms with E-state index in [0.29, 0.717) is 19.3 Å². The minimum Gasteiger partial charge on any atom is -0.462 e. The van der Waals surface area contributed by atoms with Crippen molar-refractivity contribution in [1.29, 1.82) is 0 Å². The van der Waals surface area contributed by atoms with Crippen LogP contribution in [0.5, 0.6) is 0 Å². The Labute approximate surface area is 449 Å². The van der Waals surface area contributed by atoms with Crippen molar-refractivity contribution in [3.05, 3.63) is 24.3 Å². The number of rotatable bonds is 60. The first-order chi connectivity index (χ1) is 35.5. The van der Waals surface area contributed by atoms with E-state index >= 15 is 0 Å². The molecule has 0 spiro atoms. The number of unbranched alkanes of at least 4 members (excludes halogenated alkanes) is 45. The molecule has 0 saturated heterocycles. The third-order valence-corrected chi connectivity index (χ3v) is 14.7. The van der Waals surface area contributed by atoms with E-state index in [1.807, 2.05) is 0 Å². The van der Waals surface area contributed by atoms with Gasteiger partial charge < -0.3 is 14.2 Å². The molecule has 6 heteroatoms. The van der Waals surface area contributed by atoms with Crippen LogP contribution in [0.1, 0.15) is 361 Å². The van der Waals surface area contributed by atoms with Crippen LogP contribution >= 0.6 is 0 Å². The second-order valence-electron chi connectivity index (χ2n) is 22.0. The Bertz CT molecular complexity index is 1160. The van der Waals surface area contributed by atoms with Crippen molar-refractivity contribution < 1.29 is 28.6 Å². The zero-order valence-corrected chi connectivity index (χ0v) is 48.7. The third kappa shape index (κ3) is 58.8. The van der Waals surface area contributed by atoms with E-state index in [1.165, 1.54) is 257 Å². The van der Waals surface area contributed by atoms with Gasteiger partial charge in [0.15, 0.2) is 6.10 Å². The van der Waals surface area contributed by atoms with Crippen LogP contribution in [0.15, 0.2) is 24.3 Å². The first-order valence-corrected chi connectivity index (χ1v) is 32.3. The highest BCUT2D eigenvalue weighted by Gasteiger charge is 2.19. The van der Waals surface area contributed by atoms with E-state index in [-0.39, 0.29) is 31.1 Å². The number of carbonyl (C=O) groups is 3. The minimum absolute atomic E-state index is 0.0642. The van der Waals surface area contributed by atoms with Crippen molar-refractivity contribution in [3.63, 3.8) is 0 Å². The predicted octanol–water partition coefficient (Wildman–Crippen LogP) is 21.8. The number of hydrogen-bond donors (Lipinski definition) is 0. The lowest BCUT2D eigenvalue weighted by Gasteiger charge is -2.18. The molecule has 0 heterocycles. The highest BCUT2D eigenvalue weighted by molar-refractivity contribution is 5.71. The summed E-state index contributed by atoms with van der Waals surface area (Å²) in [5, 5.41) is 0. The monoisotopic (exact) mass is 1010 g/mol. The van der Waals surface area contributed by atoms with Crippen LogP contribution < -0.4 is 0 Å². The Balaban J connectivity index is 4.09. The van der Waals surface area contributed by atoms with Gasteiger partial charge in [-0.2, -0.15) is 0 Å². The molecule has 0 bridgehead atoms. The van der Waals surface area contributed by atoms with Gasteiger partial charge in [0, 0.05) is 19.3 Å². The molecule has 0 aliphatic rings. The number of carbonyl (C=O) groups excluding carboxylic acids is 3. The van der Waals surface area contributed by atoms with Gasteiger partial charge in [0.2, 0.25) is 0 Å². The fourth-order valence-electron chi connectivity index (χ4n) is 9.83. The van der Waals surface area contributed by atoms with E-state index in [9.17, 15) is 14.4 Å². The molecule has 1 atom stereocenters. The SMILES string of the molecule is CCCCCCC/C=C\C/C=C\CCCCCCCCCCCCCCCCCCCC(=O)OCC(COC(=O)CCCCCCCCCCCC)OC(=O)CCCCCCCCCCCCCCCCC. The van der Waals surface area contributed by atoms with Crippen molar-refractivity contribution in [1.82, 2.24) is 0 Å². The summed E-state index contributed by atoms with van der Waals surface area (Å²) in [6, 6.07) is 0.